The lowest BCUT2D eigenvalue weighted by Gasteiger charge is -2.52. The standard InChI is InChI=1S/C39H33N/c40-36-24-12-23-35-37(36)39(31-19-8-5-15-27(31)28-16-6-9-20-32(28)39)34-22-11-10-21-33(34)38(35)29-17-3-1-2-13-25(29)26-14-4-7-18-30(26)38/h1-8,10-14,16,18-19,21-25,27,29H,9,15,17,20,40H2. The van der Waals surface area contributed by atoms with Crippen molar-refractivity contribution in [3.8, 4) is 0 Å². The molecule has 2 N–H and O–H groups in total. The molecule has 1 nitrogen and oxygen atoms in total. The number of allylic oxidation sites excluding steroid dienone is 12. The van der Waals surface area contributed by atoms with Gasteiger partial charge in [0.2, 0.25) is 0 Å². The van der Waals surface area contributed by atoms with Gasteiger partial charge in [0.25, 0.3) is 0 Å². The molecule has 0 aliphatic heterocycles. The Morgan fingerprint density at radius 1 is 0.725 bits per heavy atom. The number of benzene rings is 3. The Labute approximate surface area is 236 Å². The summed E-state index contributed by atoms with van der Waals surface area (Å²) in [6, 6.07) is 25.6. The number of nitrogens with two attached hydrogens (primary N) is 1. The topological polar surface area (TPSA) is 26.0 Å². The van der Waals surface area contributed by atoms with Gasteiger partial charge in [0.15, 0.2) is 0 Å². The molecule has 0 radical (unpaired) electrons. The smallest absolute Gasteiger partial charge is 0.0663 e. The average Bonchev–Trinajstić information content (AvgIpc) is 3.29. The molecule has 0 amide bonds. The molecule has 0 saturated carbocycles. The van der Waals surface area contributed by atoms with E-state index in [1.165, 1.54) is 44.5 Å². The number of hydrogen-bond donors (Lipinski definition) is 1. The molecular formula is C39H33N. The molecule has 3 aromatic carbocycles. The van der Waals surface area contributed by atoms with Gasteiger partial charge in [-0.15, -0.1) is 0 Å². The number of hydrogen-bond acceptors (Lipinski definition) is 1. The summed E-state index contributed by atoms with van der Waals surface area (Å²) in [4.78, 5) is 0. The fourth-order valence-corrected chi connectivity index (χ4v) is 9.83. The van der Waals surface area contributed by atoms with Crippen LogP contribution < -0.4 is 5.73 Å². The maximum absolute atomic E-state index is 7.25. The molecule has 6 aliphatic rings. The first-order chi connectivity index (χ1) is 19.8. The predicted molar refractivity (Wildman–Crippen MR) is 164 cm³/mol. The SMILES string of the molecule is Nc1cccc2c1C1(C3=CC=CCC3C3=C1CCC=C3)c1ccccc1C21c2ccccc2C2C=CC=CCC21. The lowest BCUT2D eigenvalue weighted by molar-refractivity contribution is 0.365. The zero-order valence-electron chi connectivity index (χ0n) is 22.7. The predicted octanol–water partition coefficient (Wildman–Crippen LogP) is 8.59. The molecule has 0 saturated heterocycles. The summed E-state index contributed by atoms with van der Waals surface area (Å²) < 4.78 is 0. The van der Waals surface area contributed by atoms with Crippen LogP contribution in [-0.2, 0) is 10.8 Å². The van der Waals surface area contributed by atoms with Crippen LogP contribution in [0.25, 0.3) is 0 Å². The van der Waals surface area contributed by atoms with E-state index in [1.807, 2.05) is 0 Å². The summed E-state index contributed by atoms with van der Waals surface area (Å²) in [5.41, 5.74) is 20.9. The zero-order valence-corrected chi connectivity index (χ0v) is 22.7. The van der Waals surface area contributed by atoms with Crippen LogP contribution in [0.1, 0.15) is 65.0 Å². The van der Waals surface area contributed by atoms with Gasteiger partial charge in [-0.05, 0) is 87.8 Å². The molecule has 40 heavy (non-hydrogen) atoms. The lowest BCUT2D eigenvalue weighted by Crippen LogP contribution is -2.47. The highest BCUT2D eigenvalue weighted by molar-refractivity contribution is 5.82. The zero-order chi connectivity index (χ0) is 26.5. The van der Waals surface area contributed by atoms with Gasteiger partial charge in [0, 0.05) is 17.5 Å². The Balaban J connectivity index is 1.48. The van der Waals surface area contributed by atoms with Gasteiger partial charge in [0.1, 0.15) is 0 Å². The highest BCUT2D eigenvalue weighted by Crippen LogP contribution is 2.71. The van der Waals surface area contributed by atoms with Crippen molar-refractivity contribution >= 4 is 5.69 Å². The Kier molecular flexibility index (Phi) is 4.53. The second-order valence-electron chi connectivity index (χ2n) is 12.4. The third-order valence-corrected chi connectivity index (χ3v) is 11.0. The van der Waals surface area contributed by atoms with Crippen LogP contribution in [0, 0.1) is 11.8 Å². The van der Waals surface area contributed by atoms with E-state index in [1.54, 1.807) is 5.57 Å². The molecule has 5 unspecified atom stereocenters. The van der Waals surface area contributed by atoms with Crippen LogP contribution in [0.4, 0.5) is 5.69 Å². The van der Waals surface area contributed by atoms with Crippen LogP contribution in [0.15, 0.2) is 138 Å². The summed E-state index contributed by atoms with van der Waals surface area (Å²) in [6.45, 7) is 0. The minimum Gasteiger partial charge on any atom is -0.398 e. The largest absolute Gasteiger partial charge is 0.398 e. The van der Waals surface area contributed by atoms with Crippen LogP contribution in [0.2, 0.25) is 0 Å². The van der Waals surface area contributed by atoms with E-state index in [2.05, 4.69) is 121 Å². The Morgan fingerprint density at radius 3 is 2.45 bits per heavy atom. The van der Waals surface area contributed by atoms with Gasteiger partial charge in [-0.1, -0.05) is 115 Å². The van der Waals surface area contributed by atoms with Crippen LogP contribution in [0.3, 0.4) is 0 Å². The Hall–Kier alpha value is -4.10. The van der Waals surface area contributed by atoms with Crippen molar-refractivity contribution < 1.29 is 0 Å². The fraction of sp³-hybridized carbons (Fsp3) is 0.231. The number of fused-ring (bicyclic) bond motifs is 15. The molecule has 194 valence electrons. The van der Waals surface area contributed by atoms with Gasteiger partial charge in [-0.3, -0.25) is 0 Å². The summed E-state index contributed by atoms with van der Waals surface area (Å²) in [6.07, 6.45) is 25.6. The summed E-state index contributed by atoms with van der Waals surface area (Å²) in [7, 11) is 0. The molecular weight excluding hydrogens is 482 g/mol. The molecule has 1 heteroatoms. The minimum atomic E-state index is -0.318. The maximum Gasteiger partial charge on any atom is 0.0663 e. The van der Waals surface area contributed by atoms with E-state index in [4.69, 9.17) is 5.73 Å². The number of nitrogen functional groups attached to an aromatic ring is 1. The van der Waals surface area contributed by atoms with E-state index in [0.717, 1.165) is 31.4 Å². The second kappa shape index (κ2) is 7.98. The van der Waals surface area contributed by atoms with E-state index in [9.17, 15) is 0 Å². The van der Waals surface area contributed by atoms with Gasteiger partial charge in [-0.2, -0.15) is 0 Å². The molecule has 3 aromatic rings. The molecule has 6 aliphatic carbocycles. The van der Waals surface area contributed by atoms with Crippen molar-refractivity contribution in [1.82, 2.24) is 0 Å². The molecule has 0 bridgehead atoms. The van der Waals surface area contributed by atoms with Crippen molar-refractivity contribution in [3.63, 3.8) is 0 Å². The lowest BCUT2D eigenvalue weighted by atomic mass is 9.49. The van der Waals surface area contributed by atoms with Gasteiger partial charge in [-0.25, -0.2) is 0 Å². The quantitative estimate of drug-likeness (QED) is 0.298. The summed E-state index contributed by atoms with van der Waals surface area (Å²) in [5.74, 6) is 1.16. The normalized spacial score (nSPS) is 31.8. The Morgan fingerprint density at radius 2 is 1.52 bits per heavy atom. The van der Waals surface area contributed by atoms with Gasteiger partial charge >= 0.3 is 0 Å². The van der Waals surface area contributed by atoms with Crippen LogP contribution in [-0.4, -0.2) is 0 Å². The van der Waals surface area contributed by atoms with Crippen molar-refractivity contribution in [2.75, 3.05) is 5.73 Å². The Bertz CT molecular complexity index is 1790. The van der Waals surface area contributed by atoms with E-state index in [-0.39, 0.29) is 10.8 Å². The van der Waals surface area contributed by atoms with Gasteiger partial charge in [0.05, 0.1) is 10.8 Å². The number of anilines is 1. The molecule has 5 atom stereocenters. The molecule has 9 rings (SSSR count). The number of rotatable bonds is 0. The third kappa shape index (κ3) is 2.47. The summed E-state index contributed by atoms with van der Waals surface area (Å²) >= 11 is 0. The third-order valence-electron chi connectivity index (χ3n) is 11.0. The molecule has 0 heterocycles. The average molecular weight is 516 g/mol. The summed E-state index contributed by atoms with van der Waals surface area (Å²) in [5, 5.41) is 0. The van der Waals surface area contributed by atoms with Crippen molar-refractivity contribution in [2.24, 2.45) is 11.8 Å². The fourth-order valence-electron chi connectivity index (χ4n) is 9.83. The molecule has 2 spiro atoms. The first-order valence-electron chi connectivity index (χ1n) is 15.0. The monoisotopic (exact) mass is 515 g/mol. The second-order valence-corrected chi connectivity index (χ2v) is 12.4. The molecule has 0 aromatic heterocycles. The van der Waals surface area contributed by atoms with Crippen molar-refractivity contribution in [2.45, 2.75) is 42.4 Å². The molecule has 0 fully saturated rings. The van der Waals surface area contributed by atoms with Crippen molar-refractivity contribution in [3.05, 3.63) is 172 Å². The van der Waals surface area contributed by atoms with Gasteiger partial charge < -0.3 is 5.73 Å². The van der Waals surface area contributed by atoms with E-state index >= 15 is 0 Å². The maximum atomic E-state index is 7.25. The first-order valence-corrected chi connectivity index (χ1v) is 15.0. The van der Waals surface area contributed by atoms with Crippen molar-refractivity contribution in [1.29, 1.82) is 0 Å². The minimum absolute atomic E-state index is 0.263. The van der Waals surface area contributed by atoms with E-state index < -0.39 is 0 Å². The highest BCUT2D eigenvalue weighted by Gasteiger charge is 2.63. The first kappa shape index (κ1) is 22.7. The van der Waals surface area contributed by atoms with Crippen LogP contribution >= 0.6 is 0 Å². The van der Waals surface area contributed by atoms with Crippen LogP contribution in [0.5, 0.6) is 0 Å². The van der Waals surface area contributed by atoms with E-state index in [0.29, 0.717) is 17.8 Å². The highest BCUT2D eigenvalue weighted by atomic mass is 14.7.